The molecule has 2 aromatic carbocycles. The lowest BCUT2D eigenvalue weighted by Gasteiger charge is -2.27. The van der Waals surface area contributed by atoms with Crippen LogP contribution in [0.5, 0.6) is 0 Å². The molecule has 30 heavy (non-hydrogen) atoms. The van der Waals surface area contributed by atoms with Gasteiger partial charge >= 0.3 is 0 Å². The third-order valence-electron chi connectivity index (χ3n) is 5.88. The molecule has 0 saturated heterocycles. The van der Waals surface area contributed by atoms with Crippen molar-refractivity contribution in [2.75, 3.05) is 18.0 Å². The van der Waals surface area contributed by atoms with Gasteiger partial charge in [-0.2, -0.15) is 5.10 Å². The van der Waals surface area contributed by atoms with Gasteiger partial charge in [0.1, 0.15) is 5.82 Å². The number of hydrogen-bond acceptors (Lipinski definition) is 4. The number of amides is 2. The third kappa shape index (κ3) is 2.99. The molecule has 2 aliphatic heterocycles. The van der Waals surface area contributed by atoms with E-state index >= 15 is 0 Å². The zero-order valence-electron chi connectivity index (χ0n) is 16.6. The fourth-order valence-corrected chi connectivity index (χ4v) is 4.61. The molecule has 3 aromatic rings. The Morgan fingerprint density at radius 1 is 0.933 bits per heavy atom. The Kier molecular flexibility index (Phi) is 4.59. The van der Waals surface area contributed by atoms with Gasteiger partial charge in [-0.3, -0.25) is 19.2 Å². The molecule has 1 aromatic heterocycles. The van der Waals surface area contributed by atoms with Gasteiger partial charge in [0.2, 0.25) is 0 Å². The van der Waals surface area contributed by atoms with Gasteiger partial charge in [-0.1, -0.05) is 29.8 Å². The number of carbonyl (C=O) groups excluding carboxylic acids is 2. The first-order valence-electron chi connectivity index (χ1n) is 10.1. The van der Waals surface area contributed by atoms with Crippen molar-refractivity contribution < 1.29 is 9.59 Å². The molecule has 152 valence electrons. The quantitative estimate of drug-likeness (QED) is 0.599. The lowest BCUT2D eigenvalue weighted by molar-refractivity contribution is 0.0653. The summed E-state index contributed by atoms with van der Waals surface area (Å²) in [5.74, 6) is 0.616. The first kappa shape index (κ1) is 18.9. The molecule has 0 fully saturated rings. The maximum absolute atomic E-state index is 12.7. The van der Waals surface area contributed by atoms with Crippen molar-refractivity contribution in [3.63, 3.8) is 0 Å². The number of hydrogen-bond donors (Lipinski definition) is 0. The number of nitrogens with zero attached hydrogens (tertiary/aromatic N) is 4. The number of anilines is 2. The summed E-state index contributed by atoms with van der Waals surface area (Å²) in [6.07, 6.45) is 4.38. The van der Waals surface area contributed by atoms with Crippen LogP contribution in [0.15, 0.2) is 48.7 Å². The van der Waals surface area contributed by atoms with Crippen molar-refractivity contribution in [1.82, 2.24) is 14.7 Å². The molecule has 2 amide bonds. The smallest absolute Gasteiger partial charge is 0.261 e. The van der Waals surface area contributed by atoms with Crippen LogP contribution < -0.4 is 4.90 Å². The number of carbonyl (C=O) groups is 2. The van der Waals surface area contributed by atoms with Crippen molar-refractivity contribution in [2.24, 2.45) is 7.05 Å². The van der Waals surface area contributed by atoms with Gasteiger partial charge in [-0.15, -0.1) is 0 Å². The molecule has 0 N–H and O–H groups in total. The number of imide groups is 1. The minimum absolute atomic E-state index is 0.212. The first-order chi connectivity index (χ1) is 14.5. The molecule has 0 spiro atoms. The molecule has 7 heteroatoms. The summed E-state index contributed by atoms with van der Waals surface area (Å²) in [6.45, 7) is 1.01. The van der Waals surface area contributed by atoms with E-state index in [1.165, 1.54) is 16.0 Å². The van der Waals surface area contributed by atoms with Crippen LogP contribution in [0, 0.1) is 0 Å². The maximum Gasteiger partial charge on any atom is 0.261 e. The van der Waals surface area contributed by atoms with Gasteiger partial charge in [-0.05, 0) is 49.1 Å². The number of halogens is 1. The molecule has 0 atom stereocenters. The van der Waals surface area contributed by atoms with Crippen LogP contribution in [-0.2, 0) is 19.9 Å². The predicted octanol–water partition coefficient (Wildman–Crippen LogP) is 4.00. The zero-order chi connectivity index (χ0) is 20.8. The van der Waals surface area contributed by atoms with Crippen LogP contribution in [0.1, 0.15) is 38.3 Å². The number of fused-ring (bicyclic) bond motifs is 3. The van der Waals surface area contributed by atoms with Gasteiger partial charge < -0.3 is 4.90 Å². The standard InChI is InChI=1S/C23H21ClN4O2/c1-26-21-16(14-25-26)8-7-15-9-10-17(24)13-20(15)27(21)11-4-12-28-22(29)18-5-2-3-6-19(18)23(28)30/h2-3,5-6,9-10,13-14H,4,7-8,11-12H2,1H3. The van der Waals surface area contributed by atoms with Crippen LogP contribution in [-0.4, -0.2) is 39.6 Å². The fourth-order valence-electron chi connectivity index (χ4n) is 4.44. The molecular weight excluding hydrogens is 400 g/mol. The summed E-state index contributed by atoms with van der Waals surface area (Å²) in [5.41, 5.74) is 4.46. The lowest BCUT2D eigenvalue weighted by Crippen LogP contribution is -2.33. The summed E-state index contributed by atoms with van der Waals surface area (Å²) in [6, 6.07) is 13.0. The summed E-state index contributed by atoms with van der Waals surface area (Å²) in [7, 11) is 1.94. The average molecular weight is 421 g/mol. The summed E-state index contributed by atoms with van der Waals surface area (Å²) >= 11 is 6.32. The number of aryl methyl sites for hydroxylation is 3. The molecular formula is C23H21ClN4O2. The summed E-state index contributed by atoms with van der Waals surface area (Å²) in [4.78, 5) is 28.9. The van der Waals surface area contributed by atoms with Crippen molar-refractivity contribution in [1.29, 1.82) is 0 Å². The topological polar surface area (TPSA) is 58.4 Å². The van der Waals surface area contributed by atoms with E-state index in [4.69, 9.17) is 11.6 Å². The Bertz CT molecular complexity index is 1130. The largest absolute Gasteiger partial charge is 0.326 e. The van der Waals surface area contributed by atoms with Crippen molar-refractivity contribution in [2.45, 2.75) is 19.3 Å². The van der Waals surface area contributed by atoms with Crippen molar-refractivity contribution >= 4 is 34.9 Å². The number of aromatic nitrogens is 2. The molecule has 0 aliphatic carbocycles. The van der Waals surface area contributed by atoms with Crippen LogP contribution in [0.25, 0.3) is 0 Å². The molecule has 3 heterocycles. The van der Waals surface area contributed by atoms with Gasteiger partial charge in [0, 0.05) is 36.4 Å². The van der Waals surface area contributed by atoms with Gasteiger partial charge in [0.25, 0.3) is 11.8 Å². The van der Waals surface area contributed by atoms with Crippen LogP contribution in [0.4, 0.5) is 11.5 Å². The SMILES string of the molecule is Cn1ncc2c1N(CCCN1C(=O)c3ccccc3C1=O)c1cc(Cl)ccc1CC2. The van der Waals surface area contributed by atoms with E-state index in [1.54, 1.807) is 24.3 Å². The highest BCUT2D eigenvalue weighted by Gasteiger charge is 2.35. The Morgan fingerprint density at radius 2 is 1.60 bits per heavy atom. The highest BCUT2D eigenvalue weighted by atomic mass is 35.5. The monoisotopic (exact) mass is 420 g/mol. The Morgan fingerprint density at radius 3 is 2.33 bits per heavy atom. The van der Waals surface area contributed by atoms with Gasteiger partial charge in [-0.25, -0.2) is 0 Å². The summed E-state index contributed by atoms with van der Waals surface area (Å²) < 4.78 is 1.88. The second-order valence-electron chi connectivity index (χ2n) is 7.70. The Balaban J connectivity index is 1.40. The van der Waals surface area contributed by atoms with E-state index in [9.17, 15) is 9.59 Å². The molecule has 0 unspecified atom stereocenters. The molecule has 0 radical (unpaired) electrons. The van der Waals surface area contributed by atoms with Crippen molar-refractivity contribution in [3.8, 4) is 0 Å². The highest BCUT2D eigenvalue weighted by molar-refractivity contribution is 6.31. The van der Waals surface area contributed by atoms with E-state index in [1.807, 2.05) is 30.1 Å². The summed E-state index contributed by atoms with van der Waals surface area (Å²) in [5, 5.41) is 5.13. The van der Waals surface area contributed by atoms with Gasteiger partial charge in [0.05, 0.1) is 17.3 Å². The Hall–Kier alpha value is -3.12. The van der Waals surface area contributed by atoms with Crippen LogP contribution >= 0.6 is 11.6 Å². The van der Waals surface area contributed by atoms with Crippen LogP contribution in [0.3, 0.4) is 0 Å². The fraction of sp³-hybridized carbons (Fsp3) is 0.261. The molecule has 5 rings (SSSR count). The number of benzene rings is 2. The number of rotatable bonds is 4. The zero-order valence-corrected chi connectivity index (χ0v) is 17.4. The normalized spacial score (nSPS) is 15.1. The molecule has 0 bridgehead atoms. The molecule has 2 aliphatic rings. The van der Waals surface area contributed by atoms with Crippen molar-refractivity contribution in [3.05, 3.63) is 75.9 Å². The van der Waals surface area contributed by atoms with E-state index in [0.29, 0.717) is 35.7 Å². The van der Waals surface area contributed by atoms with Crippen LogP contribution in [0.2, 0.25) is 5.02 Å². The maximum atomic E-state index is 12.7. The second kappa shape index (κ2) is 7.29. The first-order valence-corrected chi connectivity index (χ1v) is 10.4. The van der Waals surface area contributed by atoms with E-state index < -0.39 is 0 Å². The third-order valence-corrected chi connectivity index (χ3v) is 6.11. The van der Waals surface area contributed by atoms with E-state index in [-0.39, 0.29) is 11.8 Å². The molecule has 6 nitrogen and oxygen atoms in total. The Labute approximate surface area is 179 Å². The minimum Gasteiger partial charge on any atom is -0.326 e. The van der Waals surface area contributed by atoms with E-state index in [0.717, 1.165) is 24.3 Å². The predicted molar refractivity (Wildman–Crippen MR) is 116 cm³/mol. The molecule has 0 saturated carbocycles. The lowest BCUT2D eigenvalue weighted by atomic mass is 10.1. The van der Waals surface area contributed by atoms with E-state index in [2.05, 4.69) is 16.1 Å². The minimum atomic E-state index is -0.212. The average Bonchev–Trinajstić information content (AvgIpc) is 3.17. The second-order valence-corrected chi connectivity index (χ2v) is 8.14. The van der Waals surface area contributed by atoms with Gasteiger partial charge in [0.15, 0.2) is 0 Å². The highest BCUT2D eigenvalue weighted by Crippen LogP contribution is 2.37.